The number of hydrogen-bond acceptors (Lipinski definition) is 4. The fourth-order valence-electron chi connectivity index (χ4n) is 1.66. The molecule has 0 heterocycles. The topological polar surface area (TPSA) is 61.5 Å². The molecule has 0 aliphatic heterocycles. The highest BCUT2D eigenvalue weighted by Gasteiger charge is 2.09. The van der Waals surface area contributed by atoms with Crippen LogP contribution in [0.5, 0.6) is 5.75 Å². The summed E-state index contributed by atoms with van der Waals surface area (Å²) >= 11 is 0. The smallest absolute Gasteiger partial charge is 0.337 e. The quantitative estimate of drug-likeness (QED) is 0.619. The van der Waals surface area contributed by atoms with Gasteiger partial charge in [-0.15, -0.1) is 12.4 Å². The molecule has 1 rings (SSSR count). The average molecular weight is 288 g/mol. The third-order valence-corrected chi connectivity index (χ3v) is 2.71. The highest BCUT2D eigenvalue weighted by atomic mass is 35.5. The van der Waals surface area contributed by atoms with Crippen molar-refractivity contribution < 1.29 is 14.3 Å². The number of esters is 1. The highest BCUT2D eigenvalue weighted by Crippen LogP contribution is 2.20. The number of benzene rings is 1. The maximum atomic E-state index is 11.4. The van der Waals surface area contributed by atoms with Crippen molar-refractivity contribution >= 4 is 18.4 Å². The van der Waals surface area contributed by atoms with E-state index in [0.29, 0.717) is 18.7 Å². The summed E-state index contributed by atoms with van der Waals surface area (Å²) in [4.78, 5) is 11.4. The number of carbonyl (C=O) groups is 1. The summed E-state index contributed by atoms with van der Waals surface area (Å²) in [7, 11) is 1.36. The van der Waals surface area contributed by atoms with E-state index in [1.165, 1.54) is 7.11 Å². The largest absolute Gasteiger partial charge is 0.493 e. The van der Waals surface area contributed by atoms with E-state index >= 15 is 0 Å². The summed E-state index contributed by atoms with van der Waals surface area (Å²) in [5, 5.41) is 0. The monoisotopic (exact) mass is 287 g/mol. The van der Waals surface area contributed by atoms with Crippen LogP contribution < -0.4 is 10.5 Å². The SMILES string of the molecule is CCCCCOc1ccc(C(=O)OC)cc1CN.Cl. The van der Waals surface area contributed by atoms with Gasteiger partial charge in [-0.05, 0) is 24.6 Å². The van der Waals surface area contributed by atoms with Gasteiger partial charge in [0.05, 0.1) is 19.3 Å². The van der Waals surface area contributed by atoms with Gasteiger partial charge in [-0.3, -0.25) is 0 Å². The van der Waals surface area contributed by atoms with Gasteiger partial charge < -0.3 is 15.2 Å². The summed E-state index contributed by atoms with van der Waals surface area (Å²) in [6.07, 6.45) is 3.34. The van der Waals surface area contributed by atoms with Crippen molar-refractivity contribution in [3.63, 3.8) is 0 Å². The Morgan fingerprint density at radius 1 is 1.32 bits per heavy atom. The average Bonchev–Trinajstić information content (AvgIpc) is 2.42. The number of halogens is 1. The molecule has 19 heavy (non-hydrogen) atoms. The molecule has 5 heteroatoms. The molecule has 0 amide bonds. The first-order valence-corrected chi connectivity index (χ1v) is 6.27. The van der Waals surface area contributed by atoms with Crippen LogP contribution in [-0.2, 0) is 11.3 Å². The van der Waals surface area contributed by atoms with Crippen LogP contribution in [-0.4, -0.2) is 19.7 Å². The molecule has 0 atom stereocenters. The second kappa shape index (κ2) is 9.64. The minimum Gasteiger partial charge on any atom is -0.493 e. The first-order chi connectivity index (χ1) is 8.72. The van der Waals surface area contributed by atoms with Gasteiger partial charge in [-0.1, -0.05) is 19.8 Å². The summed E-state index contributed by atoms with van der Waals surface area (Å²) in [6.45, 7) is 3.17. The van der Waals surface area contributed by atoms with E-state index in [-0.39, 0.29) is 18.4 Å². The predicted molar refractivity (Wildman–Crippen MR) is 77.9 cm³/mol. The van der Waals surface area contributed by atoms with E-state index in [2.05, 4.69) is 11.7 Å². The summed E-state index contributed by atoms with van der Waals surface area (Å²) in [5.41, 5.74) is 6.99. The van der Waals surface area contributed by atoms with E-state index in [9.17, 15) is 4.79 Å². The van der Waals surface area contributed by atoms with Crippen molar-refractivity contribution in [1.29, 1.82) is 0 Å². The van der Waals surface area contributed by atoms with Crippen LogP contribution >= 0.6 is 12.4 Å². The van der Waals surface area contributed by atoms with Crippen molar-refractivity contribution in [2.45, 2.75) is 32.7 Å². The molecule has 0 saturated carbocycles. The Bertz CT molecular complexity index is 396. The van der Waals surface area contributed by atoms with Crippen LogP contribution in [0.15, 0.2) is 18.2 Å². The maximum absolute atomic E-state index is 11.4. The Kier molecular flexibility index (Phi) is 9.00. The van der Waals surface area contributed by atoms with Gasteiger partial charge in [0, 0.05) is 12.1 Å². The fraction of sp³-hybridized carbons (Fsp3) is 0.500. The second-order valence-corrected chi connectivity index (χ2v) is 4.07. The Labute approximate surface area is 120 Å². The highest BCUT2D eigenvalue weighted by molar-refractivity contribution is 5.89. The van der Waals surface area contributed by atoms with Crippen molar-refractivity contribution in [2.75, 3.05) is 13.7 Å². The van der Waals surface area contributed by atoms with Crippen molar-refractivity contribution in [2.24, 2.45) is 5.73 Å². The number of hydrogen-bond donors (Lipinski definition) is 1. The van der Waals surface area contributed by atoms with E-state index in [1.807, 2.05) is 0 Å². The van der Waals surface area contributed by atoms with E-state index in [4.69, 9.17) is 10.5 Å². The number of nitrogens with two attached hydrogens (primary N) is 1. The molecular weight excluding hydrogens is 266 g/mol. The lowest BCUT2D eigenvalue weighted by atomic mass is 10.1. The standard InChI is InChI=1S/C14H21NO3.ClH/c1-3-4-5-8-18-13-7-6-11(14(16)17-2)9-12(13)10-15;/h6-7,9H,3-5,8,10,15H2,1-2H3;1H. The molecule has 0 aliphatic rings. The van der Waals surface area contributed by atoms with Crippen LogP contribution in [0.1, 0.15) is 42.1 Å². The minimum atomic E-state index is -0.359. The Hall–Kier alpha value is -1.26. The summed E-state index contributed by atoms with van der Waals surface area (Å²) in [6, 6.07) is 5.20. The van der Waals surface area contributed by atoms with Gasteiger partial charge in [0.2, 0.25) is 0 Å². The summed E-state index contributed by atoms with van der Waals surface area (Å²) in [5.74, 6) is 0.392. The van der Waals surface area contributed by atoms with E-state index in [0.717, 1.165) is 30.6 Å². The zero-order valence-electron chi connectivity index (χ0n) is 11.5. The van der Waals surface area contributed by atoms with Gasteiger partial charge in [0.15, 0.2) is 0 Å². The maximum Gasteiger partial charge on any atom is 0.337 e. The Morgan fingerprint density at radius 3 is 2.63 bits per heavy atom. The van der Waals surface area contributed by atoms with Crippen LogP contribution in [0.2, 0.25) is 0 Å². The number of methoxy groups -OCH3 is 1. The number of rotatable bonds is 7. The molecule has 0 aliphatic carbocycles. The molecule has 0 bridgehead atoms. The van der Waals surface area contributed by atoms with Crippen LogP contribution in [0.4, 0.5) is 0 Å². The minimum absolute atomic E-state index is 0. The third-order valence-electron chi connectivity index (χ3n) is 2.71. The molecule has 2 N–H and O–H groups in total. The Balaban J connectivity index is 0.00000324. The fourth-order valence-corrected chi connectivity index (χ4v) is 1.66. The second-order valence-electron chi connectivity index (χ2n) is 4.07. The van der Waals surface area contributed by atoms with Crippen LogP contribution in [0, 0.1) is 0 Å². The molecule has 4 nitrogen and oxygen atoms in total. The molecular formula is C14H22ClNO3. The molecule has 108 valence electrons. The molecule has 0 radical (unpaired) electrons. The van der Waals surface area contributed by atoms with E-state index in [1.54, 1.807) is 18.2 Å². The van der Waals surface area contributed by atoms with Crippen LogP contribution in [0.3, 0.4) is 0 Å². The van der Waals surface area contributed by atoms with Gasteiger partial charge in [-0.2, -0.15) is 0 Å². The van der Waals surface area contributed by atoms with E-state index < -0.39 is 0 Å². The molecule has 0 aromatic heterocycles. The first kappa shape index (κ1) is 17.7. The Morgan fingerprint density at radius 2 is 2.05 bits per heavy atom. The van der Waals surface area contributed by atoms with Gasteiger partial charge >= 0.3 is 5.97 Å². The lowest BCUT2D eigenvalue weighted by Crippen LogP contribution is -2.07. The molecule has 0 saturated heterocycles. The van der Waals surface area contributed by atoms with Crippen molar-refractivity contribution in [3.8, 4) is 5.75 Å². The molecule has 0 unspecified atom stereocenters. The number of carbonyl (C=O) groups excluding carboxylic acids is 1. The van der Waals surface area contributed by atoms with Gasteiger partial charge in [0.25, 0.3) is 0 Å². The number of ether oxygens (including phenoxy) is 2. The lowest BCUT2D eigenvalue weighted by Gasteiger charge is -2.11. The molecule has 1 aromatic carbocycles. The lowest BCUT2D eigenvalue weighted by molar-refractivity contribution is 0.0600. The van der Waals surface area contributed by atoms with Crippen molar-refractivity contribution in [3.05, 3.63) is 29.3 Å². The predicted octanol–water partition coefficient (Wildman–Crippen LogP) is 2.92. The van der Waals surface area contributed by atoms with Crippen LogP contribution in [0.25, 0.3) is 0 Å². The van der Waals surface area contributed by atoms with Crippen molar-refractivity contribution in [1.82, 2.24) is 0 Å². The van der Waals surface area contributed by atoms with Gasteiger partial charge in [-0.25, -0.2) is 4.79 Å². The first-order valence-electron chi connectivity index (χ1n) is 6.27. The third kappa shape index (κ3) is 5.49. The van der Waals surface area contributed by atoms with Gasteiger partial charge in [0.1, 0.15) is 5.75 Å². The zero-order chi connectivity index (χ0) is 13.4. The number of unbranched alkanes of at least 4 members (excludes halogenated alkanes) is 2. The zero-order valence-corrected chi connectivity index (χ0v) is 12.3. The summed E-state index contributed by atoms with van der Waals surface area (Å²) < 4.78 is 10.3. The molecule has 0 fully saturated rings. The molecule has 0 spiro atoms. The normalized spacial score (nSPS) is 9.63. The molecule has 1 aromatic rings.